The molecule has 0 aliphatic rings. The molecule has 28 heavy (non-hydrogen) atoms. The summed E-state index contributed by atoms with van der Waals surface area (Å²) in [5.74, 6) is 0.241. The predicted octanol–water partition coefficient (Wildman–Crippen LogP) is 4.91. The van der Waals surface area contributed by atoms with E-state index in [4.69, 9.17) is 9.15 Å². The number of anilines is 1. The Morgan fingerprint density at radius 1 is 1.04 bits per heavy atom. The third-order valence-electron chi connectivity index (χ3n) is 4.60. The van der Waals surface area contributed by atoms with Crippen LogP contribution in [0.5, 0.6) is 5.75 Å². The Bertz CT molecular complexity index is 1260. The number of carbonyl (C=O) groups is 1. The first-order valence-electron chi connectivity index (χ1n) is 9.06. The number of fused-ring (bicyclic) bond motifs is 2. The van der Waals surface area contributed by atoms with Crippen LogP contribution in [0, 0.1) is 6.92 Å². The first kappa shape index (κ1) is 17.8. The van der Waals surface area contributed by atoms with Crippen LogP contribution >= 0.6 is 0 Å². The molecule has 0 saturated carbocycles. The minimum atomic E-state index is -0.415. The molecule has 1 N–H and O–H groups in total. The molecule has 1 aromatic heterocycles. The quantitative estimate of drug-likeness (QED) is 0.516. The second-order valence-electron chi connectivity index (χ2n) is 6.54. The molecule has 0 bridgehead atoms. The summed E-state index contributed by atoms with van der Waals surface area (Å²) in [4.78, 5) is 24.6. The maximum Gasteiger partial charge on any atom is 0.336 e. The molecule has 0 aliphatic heterocycles. The van der Waals surface area contributed by atoms with Gasteiger partial charge in [-0.15, -0.1) is 0 Å². The first-order chi connectivity index (χ1) is 13.5. The maximum atomic E-state index is 12.9. The Balaban J connectivity index is 1.72. The summed E-state index contributed by atoms with van der Waals surface area (Å²) in [5, 5.41) is 5.66. The maximum absolute atomic E-state index is 12.9. The molecule has 5 nitrogen and oxygen atoms in total. The highest BCUT2D eigenvalue weighted by atomic mass is 16.5. The highest BCUT2D eigenvalue weighted by Crippen LogP contribution is 2.28. The van der Waals surface area contributed by atoms with Crippen molar-refractivity contribution < 1.29 is 13.9 Å². The van der Waals surface area contributed by atoms with E-state index in [-0.39, 0.29) is 5.91 Å². The van der Waals surface area contributed by atoms with Gasteiger partial charge in [-0.05, 0) is 54.4 Å². The highest BCUT2D eigenvalue weighted by molar-refractivity contribution is 6.09. The first-order valence-corrected chi connectivity index (χ1v) is 9.06. The van der Waals surface area contributed by atoms with Gasteiger partial charge < -0.3 is 14.5 Å². The predicted molar refractivity (Wildman–Crippen MR) is 110 cm³/mol. The summed E-state index contributed by atoms with van der Waals surface area (Å²) in [6, 6.07) is 18.2. The molecule has 3 aromatic carbocycles. The monoisotopic (exact) mass is 373 g/mol. The number of ether oxygens (including phenoxy) is 1. The molecule has 1 amide bonds. The van der Waals surface area contributed by atoms with E-state index >= 15 is 0 Å². The molecule has 4 aromatic rings. The van der Waals surface area contributed by atoms with Crippen molar-refractivity contribution in [1.29, 1.82) is 0 Å². The van der Waals surface area contributed by atoms with E-state index in [9.17, 15) is 9.59 Å². The van der Waals surface area contributed by atoms with Gasteiger partial charge in [0.1, 0.15) is 11.3 Å². The summed E-state index contributed by atoms with van der Waals surface area (Å²) in [5.41, 5.74) is 1.85. The van der Waals surface area contributed by atoms with Crippen LogP contribution in [-0.4, -0.2) is 12.5 Å². The fourth-order valence-corrected chi connectivity index (χ4v) is 3.27. The normalized spacial score (nSPS) is 10.9. The number of rotatable bonds is 4. The number of carbonyl (C=O) groups excluding carboxylic acids is 1. The lowest BCUT2D eigenvalue weighted by molar-refractivity contribution is 0.102. The van der Waals surface area contributed by atoms with Gasteiger partial charge in [0.25, 0.3) is 5.91 Å². The average molecular weight is 373 g/mol. The van der Waals surface area contributed by atoms with Crippen LogP contribution in [0.4, 0.5) is 5.69 Å². The second-order valence-corrected chi connectivity index (χ2v) is 6.54. The number of hydrogen-bond acceptors (Lipinski definition) is 4. The standard InChI is InChI=1S/C23H19NO4/c1-3-27-20-12-16-7-5-4-6-15(16)11-19(20)23(26)24-17-8-9-18-14(2)10-22(25)28-21(18)13-17/h4-13H,3H2,1-2H3,(H,24,26). The van der Waals surface area contributed by atoms with Crippen LogP contribution in [0.1, 0.15) is 22.8 Å². The molecule has 1 heterocycles. The molecule has 5 heteroatoms. The van der Waals surface area contributed by atoms with Crippen LogP contribution in [0.2, 0.25) is 0 Å². The molecule has 0 fully saturated rings. The number of benzene rings is 3. The third-order valence-corrected chi connectivity index (χ3v) is 4.60. The van der Waals surface area contributed by atoms with Crippen molar-refractivity contribution in [1.82, 2.24) is 0 Å². The molecule has 0 spiro atoms. The van der Waals surface area contributed by atoms with Gasteiger partial charge in [-0.2, -0.15) is 0 Å². The molecule has 0 atom stereocenters. The lowest BCUT2D eigenvalue weighted by Crippen LogP contribution is -2.14. The summed E-state index contributed by atoms with van der Waals surface area (Å²) in [7, 11) is 0. The fraction of sp³-hybridized carbons (Fsp3) is 0.130. The van der Waals surface area contributed by atoms with E-state index in [1.54, 1.807) is 12.1 Å². The highest BCUT2D eigenvalue weighted by Gasteiger charge is 2.15. The van der Waals surface area contributed by atoms with E-state index in [1.165, 1.54) is 6.07 Å². The minimum Gasteiger partial charge on any atom is -0.493 e. The molecule has 0 unspecified atom stereocenters. The SMILES string of the molecule is CCOc1cc2ccccc2cc1C(=O)Nc1ccc2c(C)cc(=O)oc2c1. The molecule has 4 rings (SSSR count). The number of hydrogen-bond donors (Lipinski definition) is 1. The fourth-order valence-electron chi connectivity index (χ4n) is 3.27. The van der Waals surface area contributed by atoms with Crippen LogP contribution in [0.25, 0.3) is 21.7 Å². The Hall–Kier alpha value is -3.60. The Morgan fingerprint density at radius 2 is 1.79 bits per heavy atom. The summed E-state index contributed by atoms with van der Waals surface area (Å²) >= 11 is 0. The number of aryl methyl sites for hydroxylation is 1. The summed E-state index contributed by atoms with van der Waals surface area (Å²) in [6.45, 7) is 4.19. The molecular weight excluding hydrogens is 354 g/mol. The lowest BCUT2D eigenvalue weighted by atomic mass is 10.0. The molecular formula is C23H19NO4. The van der Waals surface area contributed by atoms with Crippen molar-refractivity contribution in [3.63, 3.8) is 0 Å². The van der Waals surface area contributed by atoms with Gasteiger partial charge >= 0.3 is 5.63 Å². The zero-order chi connectivity index (χ0) is 19.7. The molecule has 0 saturated heterocycles. The van der Waals surface area contributed by atoms with E-state index in [1.807, 2.05) is 56.3 Å². The second kappa shape index (κ2) is 7.19. The molecule has 140 valence electrons. The van der Waals surface area contributed by atoms with Gasteiger partial charge in [0.2, 0.25) is 0 Å². The topological polar surface area (TPSA) is 68.5 Å². The zero-order valence-electron chi connectivity index (χ0n) is 15.6. The van der Waals surface area contributed by atoms with Gasteiger partial charge in [-0.1, -0.05) is 24.3 Å². The van der Waals surface area contributed by atoms with E-state index in [0.29, 0.717) is 29.2 Å². The Kier molecular flexibility index (Phi) is 4.57. The van der Waals surface area contributed by atoms with E-state index in [0.717, 1.165) is 21.7 Å². The van der Waals surface area contributed by atoms with Gasteiger partial charge in [0.05, 0.1) is 12.2 Å². The van der Waals surface area contributed by atoms with Crippen molar-refractivity contribution >= 4 is 33.3 Å². The number of amides is 1. The Labute approximate surface area is 161 Å². The van der Waals surface area contributed by atoms with Gasteiger partial charge in [-0.3, -0.25) is 4.79 Å². The zero-order valence-corrected chi connectivity index (χ0v) is 15.6. The van der Waals surface area contributed by atoms with Crippen molar-refractivity contribution in [3.8, 4) is 5.75 Å². The van der Waals surface area contributed by atoms with E-state index < -0.39 is 5.63 Å². The Morgan fingerprint density at radius 3 is 2.54 bits per heavy atom. The largest absolute Gasteiger partial charge is 0.493 e. The van der Waals surface area contributed by atoms with Crippen molar-refractivity contribution in [2.75, 3.05) is 11.9 Å². The lowest BCUT2D eigenvalue weighted by Gasteiger charge is -2.13. The van der Waals surface area contributed by atoms with Crippen LogP contribution < -0.4 is 15.7 Å². The van der Waals surface area contributed by atoms with Crippen molar-refractivity contribution in [2.45, 2.75) is 13.8 Å². The third kappa shape index (κ3) is 3.34. The average Bonchev–Trinajstić information content (AvgIpc) is 2.67. The van der Waals surface area contributed by atoms with Gasteiger partial charge in [-0.25, -0.2) is 4.79 Å². The molecule has 0 radical (unpaired) electrons. The smallest absolute Gasteiger partial charge is 0.336 e. The summed E-state index contributed by atoms with van der Waals surface area (Å²) in [6.07, 6.45) is 0. The van der Waals surface area contributed by atoms with Gasteiger partial charge in [0.15, 0.2) is 0 Å². The van der Waals surface area contributed by atoms with Crippen LogP contribution in [0.15, 0.2) is 69.9 Å². The number of nitrogens with one attached hydrogen (secondary N) is 1. The van der Waals surface area contributed by atoms with Crippen molar-refractivity contribution in [2.24, 2.45) is 0 Å². The van der Waals surface area contributed by atoms with Gasteiger partial charge in [0, 0.05) is 23.2 Å². The molecule has 0 aliphatic carbocycles. The van der Waals surface area contributed by atoms with E-state index in [2.05, 4.69) is 5.32 Å². The summed E-state index contributed by atoms with van der Waals surface area (Å²) < 4.78 is 10.9. The van der Waals surface area contributed by atoms with Crippen LogP contribution in [-0.2, 0) is 0 Å². The minimum absolute atomic E-state index is 0.288. The van der Waals surface area contributed by atoms with Crippen molar-refractivity contribution in [3.05, 3.63) is 82.2 Å². The van der Waals surface area contributed by atoms with Crippen LogP contribution in [0.3, 0.4) is 0 Å².